The molecule has 0 radical (unpaired) electrons. The summed E-state index contributed by atoms with van der Waals surface area (Å²) >= 11 is 0. The summed E-state index contributed by atoms with van der Waals surface area (Å²) < 4.78 is 1.86. The highest BCUT2D eigenvalue weighted by atomic mass is 16.3. The second kappa shape index (κ2) is 7.93. The first-order valence-electron chi connectivity index (χ1n) is 10.9. The van der Waals surface area contributed by atoms with Crippen molar-refractivity contribution in [2.75, 3.05) is 19.7 Å². The molecule has 1 N–H and O–H groups in total. The maximum atomic E-state index is 9.20. The number of aromatic nitrogens is 4. The van der Waals surface area contributed by atoms with Crippen molar-refractivity contribution in [3.05, 3.63) is 65.2 Å². The Morgan fingerprint density at radius 1 is 1.17 bits per heavy atom. The fraction of sp³-hybridized carbons (Fsp3) is 0.458. The number of likely N-dealkylation sites (tertiary alicyclic amines) is 1. The van der Waals surface area contributed by atoms with Crippen LogP contribution in [-0.2, 0) is 24.9 Å². The molecule has 1 aromatic carbocycles. The molecule has 1 spiro atoms. The first-order valence-corrected chi connectivity index (χ1v) is 10.9. The van der Waals surface area contributed by atoms with E-state index in [2.05, 4.69) is 46.4 Å². The first kappa shape index (κ1) is 19.4. The van der Waals surface area contributed by atoms with E-state index >= 15 is 0 Å². The van der Waals surface area contributed by atoms with E-state index in [1.165, 1.54) is 29.7 Å². The molecule has 2 aliphatic rings. The predicted molar refractivity (Wildman–Crippen MR) is 116 cm³/mol. The Morgan fingerprint density at radius 3 is 2.87 bits per heavy atom. The number of aryl methyl sites for hydroxylation is 2. The lowest BCUT2D eigenvalue weighted by molar-refractivity contribution is 0.136. The molecule has 5 rings (SSSR count). The number of hydrogen-bond acceptors (Lipinski definition) is 5. The summed E-state index contributed by atoms with van der Waals surface area (Å²) in [7, 11) is 0. The molecule has 3 aromatic rings. The summed E-state index contributed by atoms with van der Waals surface area (Å²) in [5.41, 5.74) is 6.13. The Balaban J connectivity index is 1.40. The highest BCUT2D eigenvalue weighted by Crippen LogP contribution is 2.44. The van der Waals surface area contributed by atoms with Crippen LogP contribution < -0.4 is 0 Å². The molecule has 30 heavy (non-hydrogen) atoms. The lowest BCUT2D eigenvalue weighted by Crippen LogP contribution is -2.45. The summed E-state index contributed by atoms with van der Waals surface area (Å²) in [5.74, 6) is 0.842. The molecule has 156 valence electrons. The average molecular weight is 404 g/mol. The van der Waals surface area contributed by atoms with Crippen LogP contribution >= 0.6 is 0 Å². The molecule has 3 heterocycles. The minimum atomic E-state index is 0.119. The van der Waals surface area contributed by atoms with Crippen molar-refractivity contribution in [1.29, 1.82) is 0 Å². The fourth-order valence-corrected chi connectivity index (χ4v) is 5.20. The van der Waals surface area contributed by atoms with Gasteiger partial charge in [0.2, 0.25) is 0 Å². The van der Waals surface area contributed by atoms with Crippen LogP contribution in [0.2, 0.25) is 0 Å². The summed E-state index contributed by atoms with van der Waals surface area (Å²) in [6.45, 7) is 5.79. The van der Waals surface area contributed by atoms with Crippen molar-refractivity contribution in [2.45, 2.75) is 51.1 Å². The van der Waals surface area contributed by atoms with Crippen molar-refractivity contribution >= 4 is 0 Å². The summed E-state index contributed by atoms with van der Waals surface area (Å²) in [5, 5.41) is 13.7. The SMILES string of the molecule is Cc1nn(CCO)cc1CN1CCCC2(CCc3cnc(-c4ccccc4)nc32)C1. The summed E-state index contributed by atoms with van der Waals surface area (Å²) in [4.78, 5) is 12.3. The molecule has 1 unspecified atom stereocenters. The Labute approximate surface area is 177 Å². The van der Waals surface area contributed by atoms with E-state index < -0.39 is 0 Å². The molecule has 1 aliphatic carbocycles. The van der Waals surface area contributed by atoms with E-state index in [1.807, 2.05) is 22.9 Å². The number of rotatable bonds is 5. The lowest BCUT2D eigenvalue weighted by atomic mass is 9.77. The zero-order chi connectivity index (χ0) is 20.6. The predicted octanol–water partition coefficient (Wildman–Crippen LogP) is 3.12. The third kappa shape index (κ3) is 3.55. The number of aliphatic hydroxyl groups excluding tert-OH is 1. The fourth-order valence-electron chi connectivity index (χ4n) is 5.20. The molecule has 0 bridgehead atoms. The maximum Gasteiger partial charge on any atom is 0.159 e. The van der Waals surface area contributed by atoms with Crippen LogP contribution in [0.3, 0.4) is 0 Å². The van der Waals surface area contributed by atoms with Gasteiger partial charge in [-0.3, -0.25) is 9.58 Å². The number of benzene rings is 1. The Kier molecular flexibility index (Phi) is 5.13. The number of nitrogens with zero attached hydrogens (tertiary/aromatic N) is 5. The second-order valence-corrected chi connectivity index (χ2v) is 8.75. The molecule has 6 nitrogen and oxygen atoms in total. The topological polar surface area (TPSA) is 67.1 Å². The normalized spacial score (nSPS) is 21.3. The van der Waals surface area contributed by atoms with Crippen LogP contribution in [-0.4, -0.2) is 49.5 Å². The highest BCUT2D eigenvalue weighted by molar-refractivity contribution is 5.55. The van der Waals surface area contributed by atoms with Gasteiger partial charge in [0.1, 0.15) is 0 Å². The number of piperidine rings is 1. The van der Waals surface area contributed by atoms with Crippen LogP contribution in [0.5, 0.6) is 0 Å². The molecule has 1 aliphatic heterocycles. The van der Waals surface area contributed by atoms with E-state index in [0.717, 1.165) is 49.6 Å². The van der Waals surface area contributed by atoms with E-state index in [0.29, 0.717) is 6.54 Å². The van der Waals surface area contributed by atoms with Crippen molar-refractivity contribution in [2.24, 2.45) is 0 Å². The van der Waals surface area contributed by atoms with Gasteiger partial charge in [-0.25, -0.2) is 9.97 Å². The van der Waals surface area contributed by atoms with E-state index in [9.17, 15) is 5.11 Å². The third-order valence-electron chi connectivity index (χ3n) is 6.70. The lowest BCUT2D eigenvalue weighted by Gasteiger charge is -2.40. The molecule has 6 heteroatoms. The van der Waals surface area contributed by atoms with Crippen molar-refractivity contribution < 1.29 is 5.11 Å². The van der Waals surface area contributed by atoms with Crippen molar-refractivity contribution in [3.8, 4) is 11.4 Å². The van der Waals surface area contributed by atoms with Gasteiger partial charge in [-0.05, 0) is 44.7 Å². The van der Waals surface area contributed by atoms with Gasteiger partial charge in [-0.2, -0.15) is 5.10 Å². The number of aliphatic hydroxyl groups is 1. The molecule has 2 aromatic heterocycles. The van der Waals surface area contributed by atoms with Gasteiger partial charge in [0.05, 0.1) is 24.5 Å². The van der Waals surface area contributed by atoms with Crippen LogP contribution in [0.4, 0.5) is 0 Å². The largest absolute Gasteiger partial charge is 0.394 e. The van der Waals surface area contributed by atoms with Crippen LogP contribution in [0.15, 0.2) is 42.7 Å². The molecule has 0 saturated carbocycles. The van der Waals surface area contributed by atoms with Crippen LogP contribution in [0, 0.1) is 6.92 Å². The number of hydrogen-bond donors (Lipinski definition) is 1. The highest BCUT2D eigenvalue weighted by Gasteiger charge is 2.43. The molecule has 1 fully saturated rings. The van der Waals surface area contributed by atoms with Gasteiger partial charge in [0.15, 0.2) is 5.82 Å². The van der Waals surface area contributed by atoms with Crippen molar-refractivity contribution in [3.63, 3.8) is 0 Å². The standard InChI is InChI=1S/C24H29N5O/c1-18-21(16-29(27-18)12-13-30)15-28-11-5-9-24(17-28)10-8-20-14-25-23(26-22(20)24)19-6-3-2-4-7-19/h2-4,6-7,14,16,30H,5,8-13,15,17H2,1H3. The maximum absolute atomic E-state index is 9.20. The van der Waals surface area contributed by atoms with Crippen molar-refractivity contribution in [1.82, 2.24) is 24.6 Å². The zero-order valence-electron chi connectivity index (χ0n) is 17.6. The Bertz CT molecular complexity index is 1030. The van der Waals surface area contributed by atoms with Gasteiger partial charge in [0.25, 0.3) is 0 Å². The molecular formula is C24H29N5O. The smallest absolute Gasteiger partial charge is 0.159 e. The molecule has 1 saturated heterocycles. The third-order valence-corrected chi connectivity index (χ3v) is 6.70. The summed E-state index contributed by atoms with van der Waals surface area (Å²) in [6.07, 6.45) is 8.77. The Hall–Kier alpha value is -2.57. The quantitative estimate of drug-likeness (QED) is 0.709. The number of fused-ring (bicyclic) bond motifs is 2. The first-order chi connectivity index (χ1) is 14.7. The second-order valence-electron chi connectivity index (χ2n) is 8.75. The van der Waals surface area contributed by atoms with Gasteiger partial charge in [-0.1, -0.05) is 30.3 Å². The molecule has 0 amide bonds. The van der Waals surface area contributed by atoms with Gasteiger partial charge in [0, 0.05) is 42.0 Å². The van der Waals surface area contributed by atoms with E-state index in [1.54, 1.807) is 0 Å². The van der Waals surface area contributed by atoms with E-state index in [4.69, 9.17) is 4.98 Å². The minimum absolute atomic E-state index is 0.119. The monoisotopic (exact) mass is 403 g/mol. The minimum Gasteiger partial charge on any atom is -0.394 e. The van der Waals surface area contributed by atoms with Crippen LogP contribution in [0.25, 0.3) is 11.4 Å². The zero-order valence-corrected chi connectivity index (χ0v) is 17.6. The molecular weight excluding hydrogens is 374 g/mol. The Morgan fingerprint density at radius 2 is 2.03 bits per heavy atom. The van der Waals surface area contributed by atoms with E-state index in [-0.39, 0.29) is 12.0 Å². The average Bonchev–Trinajstić information content (AvgIpc) is 3.29. The van der Waals surface area contributed by atoms with Crippen LogP contribution in [0.1, 0.15) is 41.8 Å². The van der Waals surface area contributed by atoms with Gasteiger partial charge in [-0.15, -0.1) is 0 Å². The summed E-state index contributed by atoms with van der Waals surface area (Å²) in [6, 6.07) is 10.3. The van der Waals surface area contributed by atoms with Gasteiger partial charge >= 0.3 is 0 Å². The van der Waals surface area contributed by atoms with Gasteiger partial charge < -0.3 is 5.11 Å². The molecule has 1 atom stereocenters.